The number of hydrogen-bond acceptors (Lipinski definition) is 3. The van der Waals surface area contributed by atoms with Gasteiger partial charge in [-0.3, -0.25) is 4.72 Å². The van der Waals surface area contributed by atoms with Crippen LogP contribution < -0.4 is 10.5 Å². The van der Waals surface area contributed by atoms with Crippen molar-refractivity contribution in [3.63, 3.8) is 0 Å². The third-order valence-corrected chi connectivity index (χ3v) is 4.33. The van der Waals surface area contributed by atoms with Crippen molar-refractivity contribution in [2.75, 3.05) is 4.72 Å². The summed E-state index contributed by atoms with van der Waals surface area (Å²) < 4.78 is 39.6. The Labute approximate surface area is 117 Å². The predicted octanol–water partition coefficient (Wildman–Crippen LogP) is 2.39. The zero-order chi connectivity index (χ0) is 14.8. The van der Waals surface area contributed by atoms with Crippen molar-refractivity contribution in [2.45, 2.75) is 18.4 Å². The summed E-state index contributed by atoms with van der Waals surface area (Å²) >= 11 is 0. The van der Waals surface area contributed by atoms with Crippen molar-refractivity contribution in [2.24, 2.45) is 5.73 Å². The molecule has 0 fully saturated rings. The molecule has 6 heteroatoms. The molecule has 4 nitrogen and oxygen atoms in total. The second-order valence-electron chi connectivity index (χ2n) is 4.40. The number of aryl methyl sites for hydroxylation is 1. The van der Waals surface area contributed by atoms with Crippen LogP contribution in [0.2, 0.25) is 0 Å². The molecule has 106 valence electrons. The summed E-state index contributed by atoms with van der Waals surface area (Å²) in [7, 11) is -3.70. The maximum atomic E-state index is 12.8. The Balaban J connectivity index is 2.33. The van der Waals surface area contributed by atoms with E-state index in [2.05, 4.69) is 4.72 Å². The van der Waals surface area contributed by atoms with Crippen LogP contribution in [0.4, 0.5) is 10.1 Å². The van der Waals surface area contributed by atoms with E-state index in [0.29, 0.717) is 5.69 Å². The van der Waals surface area contributed by atoms with Crippen molar-refractivity contribution in [1.82, 2.24) is 0 Å². The fourth-order valence-corrected chi connectivity index (χ4v) is 2.88. The average molecular weight is 294 g/mol. The fourth-order valence-electron chi connectivity index (χ4n) is 1.77. The second kappa shape index (κ2) is 5.60. The van der Waals surface area contributed by atoms with Crippen LogP contribution in [0.5, 0.6) is 0 Å². The van der Waals surface area contributed by atoms with Crippen molar-refractivity contribution in [3.8, 4) is 0 Å². The lowest BCUT2D eigenvalue weighted by molar-refractivity contribution is 0.601. The van der Waals surface area contributed by atoms with Crippen molar-refractivity contribution < 1.29 is 12.8 Å². The van der Waals surface area contributed by atoms with E-state index in [-0.39, 0.29) is 11.4 Å². The Bertz CT molecular complexity index is 712. The number of benzene rings is 2. The first-order chi connectivity index (χ1) is 9.42. The molecule has 0 unspecified atom stereocenters. The lowest BCUT2D eigenvalue weighted by atomic mass is 10.1. The highest BCUT2D eigenvalue weighted by Gasteiger charge is 2.15. The molecule has 2 rings (SSSR count). The third kappa shape index (κ3) is 3.15. The summed E-state index contributed by atoms with van der Waals surface area (Å²) in [5.41, 5.74) is 7.59. The van der Waals surface area contributed by atoms with Gasteiger partial charge in [-0.15, -0.1) is 0 Å². The normalized spacial score (nSPS) is 11.3. The molecule has 0 aliphatic rings. The standard InChI is InChI=1S/C14H15FN2O2S/c1-10-2-7-14(8-11(10)9-16)20(18,19)17-13-5-3-12(15)4-6-13/h2-8,17H,9,16H2,1H3. The molecule has 3 N–H and O–H groups in total. The molecule has 0 atom stereocenters. The predicted molar refractivity (Wildman–Crippen MR) is 76.3 cm³/mol. The van der Waals surface area contributed by atoms with E-state index in [4.69, 9.17) is 5.73 Å². The number of nitrogens with two attached hydrogens (primary N) is 1. The molecule has 0 aliphatic carbocycles. The molecule has 0 saturated carbocycles. The highest BCUT2D eigenvalue weighted by atomic mass is 32.2. The highest BCUT2D eigenvalue weighted by Crippen LogP contribution is 2.19. The van der Waals surface area contributed by atoms with E-state index in [1.807, 2.05) is 6.92 Å². The Morgan fingerprint density at radius 3 is 2.40 bits per heavy atom. The van der Waals surface area contributed by atoms with Gasteiger partial charge in [0, 0.05) is 12.2 Å². The van der Waals surface area contributed by atoms with Gasteiger partial charge in [0.2, 0.25) is 0 Å². The highest BCUT2D eigenvalue weighted by molar-refractivity contribution is 7.92. The van der Waals surface area contributed by atoms with Gasteiger partial charge in [-0.05, 0) is 54.4 Å². The average Bonchev–Trinajstić information content (AvgIpc) is 2.41. The van der Waals surface area contributed by atoms with E-state index in [9.17, 15) is 12.8 Å². The zero-order valence-corrected chi connectivity index (χ0v) is 11.7. The molecule has 0 aromatic heterocycles. The Kier molecular flexibility index (Phi) is 4.06. The fraction of sp³-hybridized carbons (Fsp3) is 0.143. The molecule has 0 saturated heterocycles. The minimum atomic E-state index is -3.70. The topological polar surface area (TPSA) is 72.2 Å². The molecule has 0 radical (unpaired) electrons. The number of rotatable bonds is 4. The first-order valence-electron chi connectivity index (χ1n) is 6.00. The van der Waals surface area contributed by atoms with Crippen LogP contribution in [-0.4, -0.2) is 8.42 Å². The summed E-state index contributed by atoms with van der Waals surface area (Å²) in [6.45, 7) is 2.14. The van der Waals surface area contributed by atoms with Crippen LogP contribution in [0.1, 0.15) is 11.1 Å². The van der Waals surface area contributed by atoms with E-state index in [0.717, 1.165) is 11.1 Å². The molecule has 0 bridgehead atoms. The lowest BCUT2D eigenvalue weighted by Crippen LogP contribution is -2.14. The number of halogens is 1. The molecule has 20 heavy (non-hydrogen) atoms. The zero-order valence-electron chi connectivity index (χ0n) is 10.9. The van der Waals surface area contributed by atoms with Gasteiger partial charge in [-0.2, -0.15) is 0 Å². The van der Waals surface area contributed by atoms with E-state index < -0.39 is 15.8 Å². The molecule has 0 amide bonds. The van der Waals surface area contributed by atoms with Gasteiger partial charge >= 0.3 is 0 Å². The van der Waals surface area contributed by atoms with Gasteiger partial charge in [-0.25, -0.2) is 12.8 Å². The maximum Gasteiger partial charge on any atom is 0.261 e. The van der Waals surface area contributed by atoms with Gasteiger partial charge in [-0.1, -0.05) is 6.07 Å². The SMILES string of the molecule is Cc1ccc(S(=O)(=O)Nc2ccc(F)cc2)cc1CN. The van der Waals surface area contributed by atoms with E-state index in [1.54, 1.807) is 12.1 Å². The van der Waals surface area contributed by atoms with Gasteiger partial charge in [0.1, 0.15) is 5.82 Å². The molecular weight excluding hydrogens is 279 g/mol. The van der Waals surface area contributed by atoms with Crippen molar-refractivity contribution >= 4 is 15.7 Å². The smallest absolute Gasteiger partial charge is 0.261 e. The summed E-state index contributed by atoms with van der Waals surface area (Å²) in [5.74, 6) is -0.422. The first kappa shape index (κ1) is 14.5. The van der Waals surface area contributed by atoms with Crippen molar-refractivity contribution in [1.29, 1.82) is 0 Å². The van der Waals surface area contributed by atoms with Gasteiger partial charge in [0.25, 0.3) is 10.0 Å². The van der Waals surface area contributed by atoms with Crippen LogP contribution in [0.25, 0.3) is 0 Å². The third-order valence-electron chi connectivity index (χ3n) is 2.95. The van der Waals surface area contributed by atoms with Crippen LogP contribution in [0.3, 0.4) is 0 Å². The molecule has 0 spiro atoms. The quantitative estimate of drug-likeness (QED) is 0.909. The monoisotopic (exact) mass is 294 g/mol. The minimum Gasteiger partial charge on any atom is -0.326 e. The largest absolute Gasteiger partial charge is 0.326 e. The van der Waals surface area contributed by atoms with Crippen molar-refractivity contribution in [3.05, 3.63) is 59.4 Å². The lowest BCUT2D eigenvalue weighted by Gasteiger charge is -2.10. The minimum absolute atomic E-state index is 0.132. The molecule has 2 aromatic carbocycles. The van der Waals surface area contributed by atoms with Crippen LogP contribution in [0, 0.1) is 12.7 Å². The molecular formula is C14H15FN2O2S. The van der Waals surface area contributed by atoms with E-state index in [1.165, 1.54) is 30.3 Å². The number of nitrogens with one attached hydrogen (secondary N) is 1. The van der Waals surface area contributed by atoms with Gasteiger partial charge < -0.3 is 5.73 Å². The Morgan fingerprint density at radius 1 is 1.15 bits per heavy atom. The second-order valence-corrected chi connectivity index (χ2v) is 6.09. The van der Waals surface area contributed by atoms with Crippen LogP contribution in [-0.2, 0) is 16.6 Å². The summed E-state index contributed by atoms with van der Waals surface area (Å²) in [4.78, 5) is 0.132. The molecule has 0 aliphatic heterocycles. The van der Waals surface area contributed by atoms with E-state index >= 15 is 0 Å². The Hall–Kier alpha value is -1.92. The summed E-state index contributed by atoms with van der Waals surface area (Å²) in [5, 5.41) is 0. The van der Waals surface area contributed by atoms with Crippen LogP contribution >= 0.6 is 0 Å². The maximum absolute atomic E-state index is 12.8. The molecule has 0 heterocycles. The summed E-state index contributed by atoms with van der Waals surface area (Å²) in [6, 6.07) is 9.88. The Morgan fingerprint density at radius 2 is 1.80 bits per heavy atom. The molecule has 2 aromatic rings. The number of anilines is 1. The number of sulfonamides is 1. The van der Waals surface area contributed by atoms with Gasteiger partial charge in [0.15, 0.2) is 0 Å². The van der Waals surface area contributed by atoms with Gasteiger partial charge in [0.05, 0.1) is 4.90 Å². The first-order valence-corrected chi connectivity index (χ1v) is 7.48. The number of hydrogen-bond donors (Lipinski definition) is 2. The van der Waals surface area contributed by atoms with Crippen LogP contribution in [0.15, 0.2) is 47.4 Å². The summed E-state index contributed by atoms with van der Waals surface area (Å²) in [6.07, 6.45) is 0.